The molecule has 0 aromatic rings. The summed E-state index contributed by atoms with van der Waals surface area (Å²) in [5.41, 5.74) is 5.45. The minimum absolute atomic E-state index is 0.151. The quantitative estimate of drug-likeness (QED) is 0.792. The largest absolute Gasteiger partial charge is 0.338 e. The molecule has 0 aliphatic heterocycles. The van der Waals surface area contributed by atoms with Crippen molar-refractivity contribution in [2.45, 2.75) is 77.8 Å². The van der Waals surface area contributed by atoms with E-state index >= 15 is 0 Å². The lowest BCUT2D eigenvalue weighted by molar-refractivity contribution is -0.139. The second kappa shape index (κ2) is 6.55. The SMILES string of the molecule is CCC(C)(N)C(=O)N(CCC(C)C)C1CCCC1. The van der Waals surface area contributed by atoms with E-state index in [4.69, 9.17) is 5.73 Å². The van der Waals surface area contributed by atoms with Crippen molar-refractivity contribution in [1.82, 2.24) is 4.90 Å². The molecule has 1 atom stereocenters. The van der Waals surface area contributed by atoms with E-state index < -0.39 is 5.54 Å². The number of carbonyl (C=O) groups excluding carboxylic acids is 1. The summed E-state index contributed by atoms with van der Waals surface area (Å²) in [7, 11) is 0. The summed E-state index contributed by atoms with van der Waals surface area (Å²) in [5.74, 6) is 0.782. The van der Waals surface area contributed by atoms with Gasteiger partial charge in [0.15, 0.2) is 0 Å². The molecule has 0 radical (unpaired) electrons. The molecule has 0 heterocycles. The van der Waals surface area contributed by atoms with Crippen LogP contribution in [-0.2, 0) is 4.79 Å². The molecule has 3 heteroatoms. The molecule has 2 N–H and O–H groups in total. The van der Waals surface area contributed by atoms with Gasteiger partial charge in [-0.2, -0.15) is 0 Å². The van der Waals surface area contributed by atoms with Crippen LogP contribution in [0.5, 0.6) is 0 Å². The normalized spacial score (nSPS) is 20.1. The molecule has 0 saturated heterocycles. The Kier molecular flexibility index (Phi) is 5.64. The molecule has 1 rings (SSSR count). The van der Waals surface area contributed by atoms with Crippen molar-refractivity contribution in [3.63, 3.8) is 0 Å². The van der Waals surface area contributed by atoms with E-state index in [1.807, 2.05) is 13.8 Å². The summed E-state index contributed by atoms with van der Waals surface area (Å²) in [6, 6.07) is 0.436. The Morgan fingerprint density at radius 3 is 2.39 bits per heavy atom. The van der Waals surface area contributed by atoms with Gasteiger partial charge in [0.2, 0.25) is 5.91 Å². The number of hydrogen-bond acceptors (Lipinski definition) is 2. The molecule has 1 unspecified atom stereocenters. The highest BCUT2D eigenvalue weighted by Crippen LogP contribution is 2.26. The molecule has 0 bridgehead atoms. The van der Waals surface area contributed by atoms with E-state index in [2.05, 4.69) is 18.7 Å². The fraction of sp³-hybridized carbons (Fsp3) is 0.933. The number of carbonyl (C=O) groups is 1. The van der Waals surface area contributed by atoms with Gasteiger partial charge in [0.05, 0.1) is 5.54 Å². The van der Waals surface area contributed by atoms with Gasteiger partial charge in [-0.3, -0.25) is 4.79 Å². The van der Waals surface area contributed by atoms with Crippen molar-refractivity contribution < 1.29 is 4.79 Å². The van der Waals surface area contributed by atoms with Crippen molar-refractivity contribution in [3.8, 4) is 0 Å². The molecule has 0 spiro atoms. The Balaban J connectivity index is 2.72. The van der Waals surface area contributed by atoms with E-state index in [1.165, 1.54) is 12.8 Å². The zero-order valence-corrected chi connectivity index (χ0v) is 12.5. The van der Waals surface area contributed by atoms with Crippen molar-refractivity contribution >= 4 is 5.91 Å². The molecule has 18 heavy (non-hydrogen) atoms. The topological polar surface area (TPSA) is 46.3 Å². The molecule has 1 aliphatic rings. The van der Waals surface area contributed by atoms with Gasteiger partial charge >= 0.3 is 0 Å². The molecule has 106 valence electrons. The van der Waals surface area contributed by atoms with E-state index in [1.54, 1.807) is 0 Å². The predicted molar refractivity (Wildman–Crippen MR) is 76.3 cm³/mol. The smallest absolute Gasteiger partial charge is 0.242 e. The fourth-order valence-electron chi connectivity index (χ4n) is 2.54. The van der Waals surface area contributed by atoms with Gasteiger partial charge in [-0.1, -0.05) is 33.6 Å². The highest BCUT2D eigenvalue weighted by atomic mass is 16.2. The molecule has 1 saturated carbocycles. The van der Waals surface area contributed by atoms with Crippen LogP contribution in [0.4, 0.5) is 0 Å². The highest BCUT2D eigenvalue weighted by Gasteiger charge is 2.35. The Morgan fingerprint density at radius 2 is 1.94 bits per heavy atom. The third-order valence-corrected chi connectivity index (χ3v) is 4.20. The average Bonchev–Trinajstić information content (AvgIpc) is 2.82. The summed E-state index contributed by atoms with van der Waals surface area (Å²) in [6.45, 7) is 9.14. The number of nitrogens with two attached hydrogens (primary N) is 1. The lowest BCUT2D eigenvalue weighted by Gasteiger charge is -2.36. The maximum absolute atomic E-state index is 12.6. The maximum atomic E-state index is 12.6. The second-order valence-corrected chi connectivity index (χ2v) is 6.39. The Labute approximate surface area is 112 Å². The Bertz CT molecular complexity index is 268. The summed E-state index contributed by atoms with van der Waals surface area (Å²) >= 11 is 0. The number of nitrogens with zero attached hydrogens (tertiary/aromatic N) is 1. The van der Waals surface area contributed by atoms with Crippen LogP contribution in [0.2, 0.25) is 0 Å². The Morgan fingerprint density at radius 1 is 1.39 bits per heavy atom. The van der Waals surface area contributed by atoms with Crippen molar-refractivity contribution in [3.05, 3.63) is 0 Å². The first-order chi connectivity index (χ1) is 8.38. The van der Waals surface area contributed by atoms with Crippen LogP contribution in [0, 0.1) is 5.92 Å². The molecule has 1 aliphatic carbocycles. The Hall–Kier alpha value is -0.570. The van der Waals surface area contributed by atoms with Crippen LogP contribution in [0.25, 0.3) is 0 Å². The van der Waals surface area contributed by atoms with Crippen LogP contribution < -0.4 is 5.73 Å². The van der Waals surface area contributed by atoms with Gasteiger partial charge < -0.3 is 10.6 Å². The summed E-state index contributed by atoms with van der Waals surface area (Å²) < 4.78 is 0. The average molecular weight is 254 g/mol. The zero-order valence-electron chi connectivity index (χ0n) is 12.5. The third-order valence-electron chi connectivity index (χ3n) is 4.20. The molecule has 3 nitrogen and oxygen atoms in total. The fourth-order valence-corrected chi connectivity index (χ4v) is 2.54. The van der Waals surface area contributed by atoms with Crippen molar-refractivity contribution in [1.29, 1.82) is 0 Å². The third kappa shape index (κ3) is 3.98. The van der Waals surface area contributed by atoms with Crippen LogP contribution in [0.3, 0.4) is 0 Å². The van der Waals surface area contributed by atoms with Gasteiger partial charge in [-0.15, -0.1) is 0 Å². The van der Waals surface area contributed by atoms with Crippen LogP contribution in [-0.4, -0.2) is 28.9 Å². The molecular formula is C15H30N2O. The standard InChI is InChI=1S/C15H30N2O/c1-5-15(4,16)14(18)17(11-10-12(2)3)13-8-6-7-9-13/h12-13H,5-11,16H2,1-4H3. The first kappa shape index (κ1) is 15.5. The van der Waals surface area contributed by atoms with E-state index in [0.717, 1.165) is 25.8 Å². The van der Waals surface area contributed by atoms with Gasteiger partial charge in [-0.25, -0.2) is 0 Å². The van der Waals surface area contributed by atoms with Crippen molar-refractivity contribution in [2.75, 3.05) is 6.54 Å². The first-order valence-electron chi connectivity index (χ1n) is 7.48. The zero-order chi connectivity index (χ0) is 13.8. The van der Waals surface area contributed by atoms with Crippen molar-refractivity contribution in [2.24, 2.45) is 11.7 Å². The summed E-state index contributed by atoms with van der Waals surface area (Å²) in [4.78, 5) is 14.7. The van der Waals surface area contributed by atoms with Gasteiger partial charge in [0, 0.05) is 12.6 Å². The number of rotatable bonds is 6. The molecule has 1 fully saturated rings. The monoisotopic (exact) mass is 254 g/mol. The van der Waals surface area contributed by atoms with Gasteiger partial charge in [0.1, 0.15) is 0 Å². The van der Waals surface area contributed by atoms with Crippen LogP contribution >= 0.6 is 0 Å². The maximum Gasteiger partial charge on any atom is 0.242 e. The summed E-state index contributed by atoms with van der Waals surface area (Å²) in [5, 5.41) is 0. The first-order valence-corrected chi connectivity index (χ1v) is 7.48. The van der Waals surface area contributed by atoms with Gasteiger partial charge in [-0.05, 0) is 38.5 Å². The lowest BCUT2D eigenvalue weighted by atomic mass is 9.96. The minimum Gasteiger partial charge on any atom is -0.338 e. The highest BCUT2D eigenvalue weighted by molar-refractivity contribution is 5.85. The molecule has 0 aromatic heterocycles. The molecule has 0 aromatic carbocycles. The lowest BCUT2D eigenvalue weighted by Crippen LogP contribution is -2.55. The second-order valence-electron chi connectivity index (χ2n) is 6.39. The van der Waals surface area contributed by atoms with E-state index in [0.29, 0.717) is 18.4 Å². The van der Waals surface area contributed by atoms with Gasteiger partial charge in [0.25, 0.3) is 0 Å². The molecular weight excluding hydrogens is 224 g/mol. The summed E-state index contributed by atoms with van der Waals surface area (Å²) in [6.07, 6.45) is 6.60. The van der Waals surface area contributed by atoms with E-state index in [9.17, 15) is 4.79 Å². The van der Waals surface area contributed by atoms with Crippen LogP contribution in [0.15, 0.2) is 0 Å². The van der Waals surface area contributed by atoms with Crippen LogP contribution in [0.1, 0.15) is 66.2 Å². The number of hydrogen-bond donors (Lipinski definition) is 1. The molecule has 1 amide bonds. The predicted octanol–water partition coefficient (Wildman–Crippen LogP) is 2.93. The number of amides is 1. The minimum atomic E-state index is -0.695. The van der Waals surface area contributed by atoms with E-state index in [-0.39, 0.29) is 5.91 Å².